The van der Waals surface area contributed by atoms with Gasteiger partial charge >= 0.3 is 11.6 Å². The van der Waals surface area contributed by atoms with Gasteiger partial charge in [0.1, 0.15) is 5.60 Å². The number of aromatic amines is 1. The Morgan fingerprint density at radius 1 is 1.17 bits per heavy atom. The van der Waals surface area contributed by atoms with Gasteiger partial charge in [0.05, 0.1) is 20.6 Å². The van der Waals surface area contributed by atoms with Crippen molar-refractivity contribution in [2.75, 3.05) is 0 Å². The van der Waals surface area contributed by atoms with Crippen molar-refractivity contribution < 1.29 is 32.1 Å². The zero-order valence-corrected chi connectivity index (χ0v) is 20.1. The molecule has 0 spiro atoms. The van der Waals surface area contributed by atoms with Crippen LogP contribution in [0.1, 0.15) is 25.0 Å². The van der Waals surface area contributed by atoms with Gasteiger partial charge in [0, 0.05) is 0 Å². The number of aromatic nitrogens is 3. The fraction of sp³-hybridized carbons (Fsp3) is 0.250. The fourth-order valence-electron chi connectivity index (χ4n) is 3.15. The van der Waals surface area contributed by atoms with Crippen LogP contribution in [0.5, 0.6) is 5.75 Å². The Labute approximate surface area is 210 Å². The molecular weight excluding hydrogens is 549 g/mol. The Morgan fingerprint density at radius 2 is 1.75 bits per heavy atom. The van der Waals surface area contributed by atoms with Crippen LogP contribution in [0.3, 0.4) is 0 Å². The molecule has 1 saturated carbocycles. The van der Waals surface area contributed by atoms with Crippen LogP contribution in [0.15, 0.2) is 56.9 Å². The number of aliphatic hydroxyl groups is 2. The Kier molecular flexibility index (Phi) is 6.70. The lowest BCUT2D eigenvalue weighted by atomic mass is 10.2. The quantitative estimate of drug-likeness (QED) is 0.300. The van der Waals surface area contributed by atoms with Crippen molar-refractivity contribution in [3.63, 3.8) is 0 Å². The minimum absolute atomic E-state index is 0.0404. The third kappa shape index (κ3) is 4.87. The first-order chi connectivity index (χ1) is 16.8. The molecule has 4 rings (SSSR count). The van der Waals surface area contributed by atoms with Gasteiger partial charge in [0.25, 0.3) is 12.0 Å². The molecule has 11 nitrogen and oxygen atoms in total. The molecule has 0 amide bonds. The van der Waals surface area contributed by atoms with Gasteiger partial charge in [-0.15, -0.1) is 4.72 Å². The molecule has 0 bridgehead atoms. The first kappa shape index (κ1) is 26.2. The molecule has 1 fully saturated rings. The van der Waals surface area contributed by atoms with Crippen LogP contribution in [0.25, 0.3) is 5.69 Å². The van der Waals surface area contributed by atoms with Crippen molar-refractivity contribution in [1.29, 1.82) is 0 Å². The zero-order chi connectivity index (χ0) is 26.5. The molecule has 2 aromatic carbocycles. The smallest absolute Gasteiger partial charge is 0.349 e. The second kappa shape index (κ2) is 9.21. The third-order valence-corrected chi connectivity index (χ3v) is 7.22. The molecular formula is C20H16Cl2F2N4O7S. The van der Waals surface area contributed by atoms with E-state index >= 15 is 0 Å². The molecule has 1 aromatic heterocycles. The van der Waals surface area contributed by atoms with Crippen molar-refractivity contribution in [2.45, 2.75) is 35.7 Å². The first-order valence-corrected chi connectivity index (χ1v) is 12.2. The van der Waals surface area contributed by atoms with E-state index in [2.05, 4.69) is 5.10 Å². The second-order valence-corrected chi connectivity index (χ2v) is 10.3. The van der Waals surface area contributed by atoms with Gasteiger partial charge < -0.3 is 14.9 Å². The predicted octanol–water partition coefficient (Wildman–Crippen LogP) is 1.69. The zero-order valence-electron chi connectivity index (χ0n) is 17.8. The summed E-state index contributed by atoms with van der Waals surface area (Å²) in [5, 5.41) is 24.2. The second-order valence-electron chi connectivity index (χ2n) is 7.79. The Bertz CT molecular complexity index is 1520. The number of hydrogen-bond acceptors (Lipinski definition) is 8. The molecule has 0 saturated heterocycles. The number of ether oxygens (including phenoxy) is 1. The Balaban J connectivity index is 1.74. The average Bonchev–Trinajstić information content (AvgIpc) is 3.55. The number of rotatable bonds is 8. The maximum Gasteiger partial charge on any atom is 0.349 e. The minimum atomic E-state index is -4.41. The van der Waals surface area contributed by atoms with E-state index < -0.39 is 60.7 Å². The summed E-state index contributed by atoms with van der Waals surface area (Å²) in [7, 11) is -4.41. The minimum Gasteiger partial charge on any atom is -0.442 e. The topological polar surface area (TPSA) is 164 Å². The van der Waals surface area contributed by atoms with Gasteiger partial charge in [-0.2, -0.15) is 9.78 Å². The number of nitrogens with zero attached hydrogens (tertiary/aromatic N) is 2. The van der Waals surface area contributed by atoms with Crippen LogP contribution in [-0.2, 0) is 10.0 Å². The molecule has 16 heteroatoms. The van der Waals surface area contributed by atoms with E-state index in [1.54, 1.807) is 11.1 Å². The summed E-state index contributed by atoms with van der Waals surface area (Å²) in [6.45, 7) is 0. The fourth-order valence-corrected chi connectivity index (χ4v) is 4.94. The van der Waals surface area contributed by atoms with Crippen molar-refractivity contribution in [3.05, 3.63) is 79.0 Å². The maximum absolute atomic E-state index is 13.1. The molecule has 1 heterocycles. The van der Waals surface area contributed by atoms with E-state index in [9.17, 15) is 37.0 Å². The van der Waals surface area contributed by atoms with Crippen molar-refractivity contribution in [3.8, 4) is 11.4 Å². The normalized spacial score (nSPS) is 16.5. The van der Waals surface area contributed by atoms with E-state index in [1.807, 2.05) is 4.72 Å². The molecule has 1 aliphatic carbocycles. The van der Waals surface area contributed by atoms with Crippen LogP contribution < -0.4 is 20.7 Å². The van der Waals surface area contributed by atoms with Crippen LogP contribution in [0, 0.1) is 0 Å². The number of alkyl halides is 2. The molecule has 4 N–H and O–H groups in total. The van der Waals surface area contributed by atoms with E-state index in [-0.39, 0.29) is 23.4 Å². The molecule has 36 heavy (non-hydrogen) atoms. The summed E-state index contributed by atoms with van der Waals surface area (Å²) in [6.07, 6.45) is -3.37. The highest BCUT2D eigenvalue weighted by Crippen LogP contribution is 2.47. The molecule has 1 unspecified atom stereocenters. The summed E-state index contributed by atoms with van der Waals surface area (Å²) < 4.78 is 59.5. The molecule has 3 aromatic rings. The summed E-state index contributed by atoms with van der Waals surface area (Å²) in [4.78, 5) is 25.1. The van der Waals surface area contributed by atoms with Crippen molar-refractivity contribution in [1.82, 2.24) is 19.5 Å². The van der Waals surface area contributed by atoms with Gasteiger partial charge in [0.15, 0.2) is 11.4 Å². The first-order valence-electron chi connectivity index (χ1n) is 10.0. The van der Waals surface area contributed by atoms with E-state index in [0.717, 1.165) is 12.1 Å². The summed E-state index contributed by atoms with van der Waals surface area (Å²) in [5.74, 6) is -3.43. The Morgan fingerprint density at radius 3 is 2.28 bits per heavy atom. The average molecular weight is 565 g/mol. The summed E-state index contributed by atoms with van der Waals surface area (Å²) in [5.41, 5.74) is -6.09. The predicted molar refractivity (Wildman–Crippen MR) is 122 cm³/mol. The molecule has 0 radical (unpaired) electrons. The lowest BCUT2D eigenvalue weighted by Crippen LogP contribution is -2.62. The van der Waals surface area contributed by atoms with Crippen molar-refractivity contribution in [2.24, 2.45) is 0 Å². The number of hydrogen-bond donors (Lipinski definition) is 4. The highest BCUT2D eigenvalue weighted by Gasteiger charge is 2.63. The van der Waals surface area contributed by atoms with Crippen LogP contribution in [0.4, 0.5) is 8.78 Å². The SMILES string of the molecule is O=c1[nH]c(=O)n(-c2cc(Cl)c(OC(O)(NS(=O)(=O)c3ccccc3)C3(O)CC3)c(Cl)c2)nc1C(F)F. The van der Waals surface area contributed by atoms with Crippen LogP contribution in [-0.4, -0.2) is 44.9 Å². The number of sulfonamides is 1. The van der Waals surface area contributed by atoms with E-state index in [0.29, 0.717) is 4.68 Å². The van der Waals surface area contributed by atoms with Gasteiger partial charge in [0.2, 0.25) is 10.0 Å². The molecule has 1 atom stereocenters. The highest BCUT2D eigenvalue weighted by atomic mass is 35.5. The third-order valence-electron chi connectivity index (χ3n) is 5.22. The van der Waals surface area contributed by atoms with E-state index in [4.69, 9.17) is 27.9 Å². The van der Waals surface area contributed by atoms with Gasteiger partial charge in [-0.1, -0.05) is 41.4 Å². The van der Waals surface area contributed by atoms with Gasteiger partial charge in [-0.05, 0) is 37.1 Å². The highest BCUT2D eigenvalue weighted by molar-refractivity contribution is 7.89. The molecule has 0 aliphatic heterocycles. The van der Waals surface area contributed by atoms with Gasteiger partial charge in [-0.3, -0.25) is 9.78 Å². The lowest BCUT2D eigenvalue weighted by Gasteiger charge is -2.34. The maximum atomic E-state index is 13.1. The van der Waals surface area contributed by atoms with Crippen LogP contribution >= 0.6 is 23.2 Å². The molecule has 1 aliphatic rings. The monoisotopic (exact) mass is 564 g/mol. The lowest BCUT2D eigenvalue weighted by molar-refractivity contribution is -0.226. The number of benzene rings is 2. The van der Waals surface area contributed by atoms with Crippen molar-refractivity contribution >= 4 is 33.2 Å². The molecule has 192 valence electrons. The largest absolute Gasteiger partial charge is 0.442 e. The summed E-state index contributed by atoms with van der Waals surface area (Å²) in [6, 6.07) is 8.91. The number of halogens is 4. The van der Waals surface area contributed by atoms with E-state index in [1.165, 1.54) is 24.3 Å². The number of H-pyrrole nitrogens is 1. The number of nitrogens with one attached hydrogen (secondary N) is 2. The Hall–Kier alpha value is -2.88. The summed E-state index contributed by atoms with van der Waals surface area (Å²) >= 11 is 12.4. The standard InChI is InChI=1S/C20H16Cl2F2N4O7S/c21-12-8-10(28-18(30)25-17(29)14(26-28)16(23)24)9-13(22)15(12)35-20(32,19(31)6-7-19)27-36(33,34)11-4-2-1-3-5-11/h1-5,8-9,16,27,31-32H,6-7H2,(H,25,29,30). The van der Waals surface area contributed by atoms with Gasteiger partial charge in [-0.25, -0.2) is 22.0 Å². The van der Waals surface area contributed by atoms with Crippen LogP contribution in [0.2, 0.25) is 10.0 Å².